The lowest BCUT2D eigenvalue weighted by Gasteiger charge is -2.41. The molecule has 1 heterocycles. The van der Waals surface area contributed by atoms with E-state index in [1.165, 1.54) is 0 Å². The fraction of sp³-hybridized carbons (Fsp3) is 0.933. The van der Waals surface area contributed by atoms with Crippen molar-refractivity contribution < 1.29 is 17.9 Å². The Morgan fingerprint density at radius 2 is 1.83 bits per heavy atom. The number of ether oxygens (including phenoxy) is 1. The van der Waals surface area contributed by atoms with Gasteiger partial charge in [-0.05, 0) is 26.2 Å². The van der Waals surface area contributed by atoms with Gasteiger partial charge in [-0.3, -0.25) is 9.69 Å². The predicted octanol–water partition coefficient (Wildman–Crippen LogP) is 0.177. The Bertz CT molecular complexity index is 485. The van der Waals surface area contributed by atoms with Crippen molar-refractivity contribution in [1.82, 2.24) is 14.9 Å². The van der Waals surface area contributed by atoms with E-state index in [1.807, 2.05) is 13.8 Å². The summed E-state index contributed by atoms with van der Waals surface area (Å²) < 4.78 is 30.7. The summed E-state index contributed by atoms with van der Waals surface area (Å²) in [5.41, 5.74) is -0.201. The van der Waals surface area contributed by atoms with Gasteiger partial charge in [0.25, 0.3) is 0 Å². The van der Waals surface area contributed by atoms with E-state index >= 15 is 0 Å². The third-order valence-electron chi connectivity index (χ3n) is 3.94. The van der Waals surface area contributed by atoms with Crippen LogP contribution < -0.4 is 10.0 Å². The minimum atomic E-state index is -3.43. The molecule has 23 heavy (non-hydrogen) atoms. The maximum absolute atomic E-state index is 12.4. The van der Waals surface area contributed by atoms with Gasteiger partial charge in [-0.2, -0.15) is 0 Å². The summed E-state index contributed by atoms with van der Waals surface area (Å²) >= 11 is 0. The molecule has 0 aromatic heterocycles. The van der Waals surface area contributed by atoms with Gasteiger partial charge in [-0.1, -0.05) is 13.8 Å². The molecule has 0 radical (unpaired) electrons. The lowest BCUT2D eigenvalue weighted by atomic mass is 10.0. The maximum atomic E-state index is 12.4. The Kier molecular flexibility index (Phi) is 7.44. The second-order valence-corrected chi connectivity index (χ2v) is 8.98. The molecule has 1 rings (SSSR count). The van der Waals surface area contributed by atoms with Crippen LogP contribution in [0.4, 0.5) is 0 Å². The average molecular weight is 349 g/mol. The summed E-state index contributed by atoms with van der Waals surface area (Å²) in [6.45, 7) is 11.6. The summed E-state index contributed by atoms with van der Waals surface area (Å²) in [5.74, 6) is -0.0577. The van der Waals surface area contributed by atoms with Crippen molar-refractivity contribution in [1.29, 1.82) is 0 Å². The van der Waals surface area contributed by atoms with Crippen LogP contribution in [0.25, 0.3) is 0 Å². The first-order valence-electron chi connectivity index (χ1n) is 8.09. The van der Waals surface area contributed by atoms with Gasteiger partial charge in [0, 0.05) is 25.2 Å². The van der Waals surface area contributed by atoms with Crippen LogP contribution in [0, 0.1) is 5.92 Å². The van der Waals surface area contributed by atoms with Crippen LogP contribution in [-0.4, -0.2) is 69.9 Å². The second-order valence-electron chi connectivity index (χ2n) is 7.20. The molecule has 1 fully saturated rings. The highest BCUT2D eigenvalue weighted by Crippen LogP contribution is 2.15. The fourth-order valence-corrected chi connectivity index (χ4v) is 3.37. The molecule has 0 saturated carbocycles. The molecule has 0 aromatic carbocycles. The maximum Gasteiger partial charge on any atom is 0.238 e. The van der Waals surface area contributed by atoms with Crippen molar-refractivity contribution in [3.8, 4) is 0 Å². The van der Waals surface area contributed by atoms with Crippen molar-refractivity contribution in [3.05, 3.63) is 0 Å². The highest BCUT2D eigenvalue weighted by Gasteiger charge is 2.30. The summed E-state index contributed by atoms with van der Waals surface area (Å²) in [6.07, 6.45) is 1.54. The van der Waals surface area contributed by atoms with Gasteiger partial charge >= 0.3 is 0 Å². The molecular weight excluding hydrogens is 318 g/mol. The Labute approximate surface area is 140 Å². The number of rotatable bonds is 8. The van der Waals surface area contributed by atoms with E-state index < -0.39 is 16.1 Å². The van der Waals surface area contributed by atoms with Gasteiger partial charge in [0.15, 0.2) is 0 Å². The molecule has 1 amide bonds. The molecule has 2 N–H and O–H groups in total. The number of hydrogen-bond acceptors (Lipinski definition) is 5. The standard InChI is InChI=1S/C15H31N3O4S/c1-12(2)10-13(17-23(5,20)21)14(19)16-11-15(3,4)18-6-8-22-9-7-18/h12-13,17H,6-11H2,1-5H3,(H,16,19). The van der Waals surface area contributed by atoms with Gasteiger partial charge in [0.1, 0.15) is 6.04 Å². The molecule has 1 saturated heterocycles. The Balaban J connectivity index is 2.62. The molecule has 1 unspecified atom stereocenters. The quantitative estimate of drug-likeness (QED) is 0.653. The zero-order valence-electron chi connectivity index (χ0n) is 14.9. The first-order valence-corrected chi connectivity index (χ1v) is 9.98. The van der Waals surface area contributed by atoms with Crippen LogP contribution in [0.1, 0.15) is 34.1 Å². The van der Waals surface area contributed by atoms with E-state index in [9.17, 15) is 13.2 Å². The third-order valence-corrected chi connectivity index (χ3v) is 4.65. The minimum absolute atomic E-state index is 0.201. The SMILES string of the molecule is CC(C)CC(NS(C)(=O)=O)C(=O)NCC(C)(C)N1CCOCC1. The third kappa shape index (κ3) is 7.60. The Morgan fingerprint density at radius 3 is 2.30 bits per heavy atom. The molecule has 1 atom stereocenters. The zero-order chi connectivity index (χ0) is 17.7. The van der Waals surface area contributed by atoms with E-state index in [0.717, 1.165) is 19.3 Å². The second kappa shape index (κ2) is 8.41. The Morgan fingerprint density at radius 1 is 1.26 bits per heavy atom. The lowest BCUT2D eigenvalue weighted by Crippen LogP contribution is -2.57. The van der Waals surface area contributed by atoms with Crippen LogP contribution in [0.15, 0.2) is 0 Å². The topological polar surface area (TPSA) is 87.7 Å². The van der Waals surface area contributed by atoms with Gasteiger partial charge in [-0.25, -0.2) is 13.1 Å². The van der Waals surface area contributed by atoms with E-state index in [-0.39, 0.29) is 17.4 Å². The van der Waals surface area contributed by atoms with E-state index in [0.29, 0.717) is 26.2 Å². The van der Waals surface area contributed by atoms with Crippen molar-refractivity contribution in [3.63, 3.8) is 0 Å². The van der Waals surface area contributed by atoms with Crippen LogP contribution >= 0.6 is 0 Å². The number of nitrogens with zero attached hydrogens (tertiary/aromatic N) is 1. The molecule has 0 bridgehead atoms. The number of carbonyl (C=O) groups is 1. The van der Waals surface area contributed by atoms with Crippen LogP contribution in [0.3, 0.4) is 0 Å². The van der Waals surface area contributed by atoms with Gasteiger partial charge in [-0.15, -0.1) is 0 Å². The normalized spacial score (nSPS) is 18.9. The van der Waals surface area contributed by atoms with E-state index in [2.05, 4.69) is 28.8 Å². The minimum Gasteiger partial charge on any atom is -0.379 e. The van der Waals surface area contributed by atoms with E-state index in [4.69, 9.17) is 4.74 Å². The number of carbonyl (C=O) groups excluding carboxylic acids is 1. The first kappa shape index (κ1) is 20.3. The number of morpholine rings is 1. The molecule has 1 aliphatic heterocycles. The molecule has 0 spiro atoms. The number of hydrogen-bond donors (Lipinski definition) is 2. The van der Waals surface area contributed by atoms with Crippen molar-refractivity contribution >= 4 is 15.9 Å². The predicted molar refractivity (Wildman–Crippen MR) is 90.7 cm³/mol. The fourth-order valence-electron chi connectivity index (χ4n) is 2.65. The molecule has 7 nitrogen and oxygen atoms in total. The largest absolute Gasteiger partial charge is 0.379 e. The van der Waals surface area contributed by atoms with Crippen molar-refractivity contribution in [2.24, 2.45) is 5.92 Å². The lowest BCUT2D eigenvalue weighted by molar-refractivity contribution is -0.123. The molecule has 0 aliphatic carbocycles. The average Bonchev–Trinajstić information content (AvgIpc) is 2.43. The van der Waals surface area contributed by atoms with Crippen molar-refractivity contribution in [2.45, 2.75) is 45.7 Å². The monoisotopic (exact) mass is 349 g/mol. The molecule has 8 heteroatoms. The van der Waals surface area contributed by atoms with Crippen LogP contribution in [-0.2, 0) is 19.6 Å². The summed E-state index contributed by atoms with van der Waals surface area (Å²) in [7, 11) is -3.43. The molecule has 0 aromatic rings. The van der Waals surface area contributed by atoms with Crippen LogP contribution in [0.2, 0.25) is 0 Å². The van der Waals surface area contributed by atoms with E-state index in [1.54, 1.807) is 0 Å². The van der Waals surface area contributed by atoms with Gasteiger partial charge in [0.2, 0.25) is 15.9 Å². The highest BCUT2D eigenvalue weighted by molar-refractivity contribution is 7.88. The smallest absolute Gasteiger partial charge is 0.238 e. The number of nitrogens with one attached hydrogen (secondary N) is 2. The van der Waals surface area contributed by atoms with Crippen LogP contribution in [0.5, 0.6) is 0 Å². The summed E-state index contributed by atoms with van der Waals surface area (Å²) in [5, 5.41) is 2.90. The Hall–Kier alpha value is -0.700. The van der Waals surface area contributed by atoms with Crippen molar-refractivity contribution in [2.75, 3.05) is 39.1 Å². The number of amides is 1. The zero-order valence-corrected chi connectivity index (χ0v) is 15.7. The molecule has 136 valence electrons. The number of sulfonamides is 1. The summed E-state index contributed by atoms with van der Waals surface area (Å²) in [4.78, 5) is 14.7. The highest BCUT2D eigenvalue weighted by atomic mass is 32.2. The first-order chi connectivity index (χ1) is 10.5. The van der Waals surface area contributed by atoms with Gasteiger partial charge < -0.3 is 10.1 Å². The molecule has 1 aliphatic rings. The van der Waals surface area contributed by atoms with Gasteiger partial charge in [0.05, 0.1) is 19.5 Å². The summed E-state index contributed by atoms with van der Waals surface area (Å²) in [6, 6.07) is -0.731. The molecular formula is C15H31N3O4S.